The van der Waals surface area contributed by atoms with Gasteiger partial charge in [-0.05, 0) is 79.2 Å². The third-order valence-corrected chi connectivity index (χ3v) is 8.82. The molecule has 0 N–H and O–H groups in total. The van der Waals surface area contributed by atoms with Gasteiger partial charge in [0.25, 0.3) is 0 Å². The number of nitrogens with zero attached hydrogens (tertiary/aromatic N) is 4. The SMILES string of the molecule is Cc1ccc2c(c1)c1ccccc1n2-c1cc(C#N)cc(-n2c3ccccc3c3cc(C(F)(F)F)ccc32)c1-c1cccc(C#N)c1. The first-order valence-electron chi connectivity index (χ1n) is 15.0. The van der Waals surface area contributed by atoms with Crippen LogP contribution in [0.5, 0.6) is 0 Å². The molecule has 0 unspecified atom stereocenters. The van der Waals surface area contributed by atoms with Crippen LogP contribution in [0.3, 0.4) is 0 Å². The van der Waals surface area contributed by atoms with Gasteiger partial charge in [-0.1, -0.05) is 60.2 Å². The molecular formula is C40H23F3N4. The summed E-state index contributed by atoms with van der Waals surface area (Å²) < 4.78 is 45.8. The molecular weight excluding hydrogens is 593 g/mol. The summed E-state index contributed by atoms with van der Waals surface area (Å²) in [6.07, 6.45) is -4.51. The van der Waals surface area contributed by atoms with Gasteiger partial charge in [0.2, 0.25) is 0 Å². The molecule has 8 rings (SSSR count). The van der Waals surface area contributed by atoms with Crippen molar-refractivity contribution in [3.05, 3.63) is 144 Å². The summed E-state index contributed by atoms with van der Waals surface area (Å²) in [5.41, 5.74) is 7.12. The third-order valence-electron chi connectivity index (χ3n) is 8.82. The number of para-hydroxylation sites is 2. The highest BCUT2D eigenvalue weighted by Crippen LogP contribution is 2.44. The summed E-state index contributed by atoms with van der Waals surface area (Å²) in [4.78, 5) is 0. The van der Waals surface area contributed by atoms with Crippen molar-refractivity contribution in [2.24, 2.45) is 0 Å². The first-order valence-corrected chi connectivity index (χ1v) is 15.0. The van der Waals surface area contributed by atoms with Gasteiger partial charge in [0.05, 0.1) is 62.3 Å². The molecule has 8 aromatic rings. The predicted molar refractivity (Wildman–Crippen MR) is 180 cm³/mol. The number of aromatic nitrogens is 2. The Morgan fingerprint density at radius 3 is 1.68 bits per heavy atom. The van der Waals surface area contributed by atoms with Gasteiger partial charge in [-0.3, -0.25) is 0 Å². The number of fused-ring (bicyclic) bond motifs is 6. The summed E-state index contributed by atoms with van der Waals surface area (Å²) in [6.45, 7) is 2.05. The van der Waals surface area contributed by atoms with E-state index in [4.69, 9.17) is 0 Å². The van der Waals surface area contributed by atoms with Crippen molar-refractivity contribution >= 4 is 43.6 Å². The van der Waals surface area contributed by atoms with Crippen LogP contribution in [0.2, 0.25) is 0 Å². The van der Waals surface area contributed by atoms with E-state index >= 15 is 0 Å². The second-order valence-corrected chi connectivity index (χ2v) is 11.6. The highest BCUT2D eigenvalue weighted by atomic mass is 19.4. The molecule has 0 radical (unpaired) electrons. The molecule has 7 heteroatoms. The molecule has 6 aromatic carbocycles. The Morgan fingerprint density at radius 1 is 0.532 bits per heavy atom. The molecule has 47 heavy (non-hydrogen) atoms. The minimum absolute atomic E-state index is 0.381. The van der Waals surface area contributed by atoms with E-state index in [1.807, 2.05) is 78.2 Å². The summed E-state index contributed by atoms with van der Waals surface area (Å²) in [5, 5.41) is 23.5. The van der Waals surface area contributed by atoms with Gasteiger partial charge in [0.1, 0.15) is 0 Å². The highest BCUT2D eigenvalue weighted by molar-refractivity contribution is 6.12. The van der Waals surface area contributed by atoms with E-state index < -0.39 is 11.7 Å². The molecule has 0 spiro atoms. The van der Waals surface area contributed by atoms with Crippen molar-refractivity contribution in [1.29, 1.82) is 10.5 Å². The molecule has 4 nitrogen and oxygen atoms in total. The maximum absolute atomic E-state index is 13.9. The van der Waals surface area contributed by atoms with Crippen molar-refractivity contribution in [2.75, 3.05) is 0 Å². The van der Waals surface area contributed by atoms with Gasteiger partial charge in [0, 0.05) is 27.1 Å². The monoisotopic (exact) mass is 616 g/mol. The van der Waals surface area contributed by atoms with Gasteiger partial charge in [-0.25, -0.2) is 0 Å². The maximum atomic E-state index is 13.9. The standard InChI is InChI=1S/C40H23F3N4/c1-24-13-15-35-31(17-24)29-9-2-4-11-33(29)46(35)37-19-26(23-45)20-38(39(37)27-8-6-7-25(18-27)22-44)47-34-12-5-3-10-30(34)32-21-28(40(41,42)43)14-16-36(32)47/h2-21H,1H3. The van der Waals surface area contributed by atoms with E-state index in [-0.39, 0.29) is 0 Å². The van der Waals surface area contributed by atoms with Crippen molar-refractivity contribution in [1.82, 2.24) is 9.13 Å². The van der Waals surface area contributed by atoms with Crippen LogP contribution < -0.4 is 0 Å². The van der Waals surface area contributed by atoms with Gasteiger partial charge >= 0.3 is 6.18 Å². The van der Waals surface area contributed by atoms with Gasteiger partial charge in [0.15, 0.2) is 0 Å². The highest BCUT2D eigenvalue weighted by Gasteiger charge is 2.31. The number of hydrogen-bond acceptors (Lipinski definition) is 2. The minimum atomic E-state index is -4.51. The second-order valence-electron chi connectivity index (χ2n) is 11.6. The zero-order valence-corrected chi connectivity index (χ0v) is 25.0. The lowest BCUT2D eigenvalue weighted by molar-refractivity contribution is -0.137. The number of halogens is 3. The number of aryl methyl sites for hydroxylation is 1. The number of alkyl halides is 3. The molecule has 0 aliphatic heterocycles. The Balaban J connectivity index is 1.59. The van der Waals surface area contributed by atoms with Crippen LogP contribution in [-0.4, -0.2) is 9.13 Å². The van der Waals surface area contributed by atoms with E-state index in [9.17, 15) is 23.7 Å². The molecule has 0 aliphatic rings. The van der Waals surface area contributed by atoms with E-state index in [2.05, 4.69) is 34.9 Å². The Hall–Kier alpha value is -6.31. The lowest BCUT2D eigenvalue weighted by atomic mass is 9.97. The van der Waals surface area contributed by atoms with E-state index in [1.165, 1.54) is 12.1 Å². The van der Waals surface area contributed by atoms with Crippen LogP contribution in [0.25, 0.3) is 66.1 Å². The van der Waals surface area contributed by atoms with Crippen molar-refractivity contribution in [3.63, 3.8) is 0 Å². The molecule has 224 valence electrons. The number of benzene rings is 6. The molecule has 2 heterocycles. The van der Waals surface area contributed by atoms with Crippen LogP contribution in [0.15, 0.2) is 121 Å². The molecule has 0 bridgehead atoms. The minimum Gasteiger partial charge on any atom is -0.308 e. The molecule has 0 aliphatic carbocycles. The van der Waals surface area contributed by atoms with Gasteiger partial charge in [-0.2, -0.15) is 23.7 Å². The zero-order chi connectivity index (χ0) is 32.4. The van der Waals surface area contributed by atoms with Crippen molar-refractivity contribution in [2.45, 2.75) is 13.1 Å². The fourth-order valence-electron chi connectivity index (χ4n) is 6.82. The Bertz CT molecular complexity index is 2660. The number of nitriles is 2. The van der Waals surface area contributed by atoms with Crippen LogP contribution in [0.1, 0.15) is 22.3 Å². The van der Waals surface area contributed by atoms with Crippen LogP contribution in [-0.2, 0) is 6.18 Å². The lowest BCUT2D eigenvalue weighted by Crippen LogP contribution is -2.06. The summed E-state index contributed by atoms with van der Waals surface area (Å²) >= 11 is 0. The fraction of sp³-hybridized carbons (Fsp3) is 0.0500. The molecule has 0 amide bonds. The average molecular weight is 617 g/mol. The Kier molecular flexibility index (Phi) is 6.22. The van der Waals surface area contributed by atoms with Gasteiger partial charge < -0.3 is 9.13 Å². The lowest BCUT2D eigenvalue weighted by Gasteiger charge is -2.21. The first-order chi connectivity index (χ1) is 22.8. The molecule has 0 saturated carbocycles. The van der Waals surface area contributed by atoms with Crippen molar-refractivity contribution < 1.29 is 13.2 Å². The Labute approximate surface area is 267 Å². The predicted octanol–water partition coefficient (Wildman–Crippen LogP) is 10.6. The van der Waals surface area contributed by atoms with Gasteiger partial charge in [-0.15, -0.1) is 0 Å². The first kappa shape index (κ1) is 28.2. The number of rotatable bonds is 3. The maximum Gasteiger partial charge on any atom is 0.416 e. The normalized spacial score (nSPS) is 11.8. The van der Waals surface area contributed by atoms with E-state index in [0.717, 1.165) is 44.6 Å². The third kappa shape index (κ3) is 4.36. The largest absolute Gasteiger partial charge is 0.416 e. The van der Waals surface area contributed by atoms with E-state index in [1.54, 1.807) is 18.2 Å². The summed E-state index contributed by atoms with van der Waals surface area (Å²) in [6, 6.07) is 40.9. The summed E-state index contributed by atoms with van der Waals surface area (Å²) in [5.74, 6) is 0. The topological polar surface area (TPSA) is 57.4 Å². The zero-order valence-electron chi connectivity index (χ0n) is 25.0. The van der Waals surface area contributed by atoms with Crippen molar-refractivity contribution in [3.8, 4) is 34.6 Å². The number of hydrogen-bond donors (Lipinski definition) is 0. The molecule has 0 fully saturated rings. The smallest absolute Gasteiger partial charge is 0.308 e. The summed E-state index contributed by atoms with van der Waals surface area (Å²) in [7, 11) is 0. The molecule has 0 atom stereocenters. The fourth-order valence-corrected chi connectivity index (χ4v) is 6.82. The quantitative estimate of drug-likeness (QED) is 0.198. The molecule has 2 aromatic heterocycles. The second kappa shape index (κ2) is 10.4. The van der Waals surface area contributed by atoms with Crippen LogP contribution >= 0.6 is 0 Å². The van der Waals surface area contributed by atoms with Crippen LogP contribution in [0, 0.1) is 29.6 Å². The molecule has 0 saturated heterocycles. The van der Waals surface area contributed by atoms with E-state index in [0.29, 0.717) is 44.3 Å². The average Bonchev–Trinajstić information content (AvgIpc) is 3.59. The Morgan fingerprint density at radius 2 is 1.09 bits per heavy atom. The van der Waals surface area contributed by atoms with Crippen LogP contribution in [0.4, 0.5) is 13.2 Å².